The van der Waals surface area contributed by atoms with Crippen LogP contribution in [-0.2, 0) is 0 Å². The molecule has 2 aliphatic rings. The number of aromatic nitrogens is 2. The Morgan fingerprint density at radius 1 is 1.00 bits per heavy atom. The number of aryl methyl sites for hydroxylation is 1. The highest BCUT2D eigenvalue weighted by Crippen LogP contribution is 2.31. The SMILES string of the molecule is Cc1nn(-c2ccc(F)cc2)c2sc(C(=O)N3CCN(CCN4CCCC4)CC3)cc12. The molecule has 0 atom stereocenters. The molecule has 1 aromatic carbocycles. The van der Waals surface area contributed by atoms with Gasteiger partial charge in [-0.1, -0.05) is 0 Å². The summed E-state index contributed by atoms with van der Waals surface area (Å²) in [5.41, 5.74) is 1.67. The molecule has 0 saturated carbocycles. The molecule has 0 N–H and O–H groups in total. The van der Waals surface area contributed by atoms with Crippen molar-refractivity contribution in [1.29, 1.82) is 0 Å². The maximum Gasteiger partial charge on any atom is 0.264 e. The molecular weight excluding hydrogens is 413 g/mol. The van der Waals surface area contributed by atoms with Crippen LogP contribution in [-0.4, -0.2) is 82.7 Å². The Balaban J connectivity index is 1.26. The summed E-state index contributed by atoms with van der Waals surface area (Å²) in [6.07, 6.45) is 2.66. The van der Waals surface area contributed by atoms with Crippen molar-refractivity contribution in [3.8, 4) is 5.69 Å². The first kappa shape index (κ1) is 20.6. The zero-order valence-electron chi connectivity index (χ0n) is 17.9. The molecule has 0 aliphatic carbocycles. The third kappa shape index (κ3) is 4.24. The highest BCUT2D eigenvalue weighted by Gasteiger charge is 2.25. The molecule has 1 amide bonds. The number of amides is 1. The fraction of sp³-hybridized carbons (Fsp3) is 0.478. The average molecular weight is 442 g/mol. The summed E-state index contributed by atoms with van der Waals surface area (Å²) in [5, 5.41) is 5.58. The van der Waals surface area contributed by atoms with E-state index in [-0.39, 0.29) is 11.7 Å². The molecule has 8 heteroatoms. The second kappa shape index (κ2) is 8.68. The van der Waals surface area contributed by atoms with Crippen molar-refractivity contribution in [2.75, 3.05) is 52.4 Å². The van der Waals surface area contributed by atoms with E-state index in [0.29, 0.717) is 0 Å². The van der Waals surface area contributed by atoms with Gasteiger partial charge in [0.2, 0.25) is 0 Å². The number of benzene rings is 1. The number of carbonyl (C=O) groups excluding carboxylic acids is 1. The molecule has 3 aromatic rings. The van der Waals surface area contributed by atoms with Gasteiger partial charge in [0.25, 0.3) is 5.91 Å². The van der Waals surface area contributed by atoms with E-state index in [1.54, 1.807) is 12.1 Å². The van der Waals surface area contributed by atoms with E-state index in [1.165, 1.54) is 49.4 Å². The normalized spacial score (nSPS) is 18.3. The number of likely N-dealkylation sites (tertiary alicyclic amines) is 1. The predicted octanol–water partition coefficient (Wildman–Crippen LogP) is 3.39. The number of nitrogens with zero attached hydrogens (tertiary/aromatic N) is 5. The third-order valence-electron chi connectivity index (χ3n) is 6.42. The maximum absolute atomic E-state index is 13.3. The number of rotatable bonds is 5. The zero-order valence-corrected chi connectivity index (χ0v) is 18.7. The van der Waals surface area contributed by atoms with Crippen molar-refractivity contribution < 1.29 is 9.18 Å². The molecule has 0 radical (unpaired) electrons. The lowest BCUT2D eigenvalue weighted by Gasteiger charge is -2.35. The Morgan fingerprint density at radius 2 is 1.65 bits per heavy atom. The van der Waals surface area contributed by atoms with Gasteiger partial charge in [0.15, 0.2) is 0 Å². The number of hydrogen-bond acceptors (Lipinski definition) is 5. The van der Waals surface area contributed by atoms with E-state index in [1.807, 2.05) is 22.6 Å². The predicted molar refractivity (Wildman–Crippen MR) is 122 cm³/mol. The molecule has 31 heavy (non-hydrogen) atoms. The quantitative estimate of drug-likeness (QED) is 0.609. The topological polar surface area (TPSA) is 44.6 Å². The third-order valence-corrected chi connectivity index (χ3v) is 7.52. The fourth-order valence-corrected chi connectivity index (χ4v) is 5.68. The van der Waals surface area contributed by atoms with Crippen molar-refractivity contribution in [2.24, 2.45) is 0 Å². The van der Waals surface area contributed by atoms with Gasteiger partial charge in [0, 0.05) is 44.7 Å². The standard InChI is InChI=1S/C23H28FN5OS/c1-17-20-16-21(31-23(20)29(25-17)19-6-4-18(24)5-7-19)22(30)28-14-12-27(13-15-28)11-10-26-8-2-3-9-26/h4-7,16H,2-3,8-15H2,1H3. The lowest BCUT2D eigenvalue weighted by molar-refractivity contribution is 0.0631. The summed E-state index contributed by atoms with van der Waals surface area (Å²) >= 11 is 1.47. The molecule has 6 nitrogen and oxygen atoms in total. The Kier molecular flexibility index (Phi) is 5.77. The lowest BCUT2D eigenvalue weighted by atomic mass is 10.2. The van der Waals surface area contributed by atoms with Gasteiger partial charge in [0.1, 0.15) is 10.6 Å². The van der Waals surface area contributed by atoms with Gasteiger partial charge >= 0.3 is 0 Å². The summed E-state index contributed by atoms with van der Waals surface area (Å²) in [6, 6.07) is 8.25. The van der Waals surface area contributed by atoms with Crippen LogP contribution < -0.4 is 0 Å². The van der Waals surface area contributed by atoms with Crippen LogP contribution in [0.15, 0.2) is 30.3 Å². The van der Waals surface area contributed by atoms with E-state index in [9.17, 15) is 9.18 Å². The van der Waals surface area contributed by atoms with Crippen LogP contribution in [0.3, 0.4) is 0 Å². The molecule has 2 saturated heterocycles. The van der Waals surface area contributed by atoms with Crippen molar-refractivity contribution >= 4 is 27.5 Å². The highest BCUT2D eigenvalue weighted by atomic mass is 32.1. The van der Waals surface area contributed by atoms with Crippen LogP contribution in [0.4, 0.5) is 4.39 Å². The van der Waals surface area contributed by atoms with Crippen molar-refractivity contribution in [3.05, 3.63) is 46.7 Å². The first-order valence-electron chi connectivity index (χ1n) is 11.1. The highest BCUT2D eigenvalue weighted by molar-refractivity contribution is 7.20. The molecule has 4 heterocycles. The van der Waals surface area contributed by atoms with Crippen molar-refractivity contribution in [3.63, 3.8) is 0 Å². The molecule has 0 unspecified atom stereocenters. The minimum atomic E-state index is -0.273. The first-order valence-corrected chi connectivity index (χ1v) is 11.9. The largest absolute Gasteiger partial charge is 0.335 e. The molecular formula is C23H28FN5OS. The van der Waals surface area contributed by atoms with Gasteiger partial charge < -0.3 is 9.80 Å². The second-order valence-electron chi connectivity index (χ2n) is 8.49. The number of fused-ring (bicyclic) bond motifs is 1. The van der Waals surface area contributed by atoms with E-state index < -0.39 is 0 Å². The van der Waals surface area contributed by atoms with E-state index in [2.05, 4.69) is 14.9 Å². The summed E-state index contributed by atoms with van der Waals surface area (Å²) in [7, 11) is 0. The molecule has 0 spiro atoms. The van der Waals surface area contributed by atoms with E-state index in [0.717, 1.165) is 65.7 Å². The van der Waals surface area contributed by atoms with Crippen LogP contribution >= 0.6 is 11.3 Å². The minimum absolute atomic E-state index is 0.102. The van der Waals surface area contributed by atoms with Gasteiger partial charge in [-0.3, -0.25) is 9.69 Å². The number of thiophene rings is 1. The van der Waals surface area contributed by atoms with Crippen molar-refractivity contribution in [2.45, 2.75) is 19.8 Å². The first-order chi connectivity index (χ1) is 15.1. The van der Waals surface area contributed by atoms with Crippen molar-refractivity contribution in [1.82, 2.24) is 24.5 Å². The van der Waals surface area contributed by atoms with E-state index >= 15 is 0 Å². The van der Waals surface area contributed by atoms with Crippen LogP contribution in [0.2, 0.25) is 0 Å². The number of piperazine rings is 1. The summed E-state index contributed by atoms with van der Waals surface area (Å²) in [5.74, 6) is -0.170. The maximum atomic E-state index is 13.3. The summed E-state index contributed by atoms with van der Waals surface area (Å²) in [6.45, 7) is 10.1. The average Bonchev–Trinajstić information content (AvgIpc) is 3.52. The molecule has 2 aromatic heterocycles. The molecule has 164 valence electrons. The van der Waals surface area contributed by atoms with E-state index in [4.69, 9.17) is 0 Å². The summed E-state index contributed by atoms with van der Waals surface area (Å²) in [4.78, 5) is 21.8. The minimum Gasteiger partial charge on any atom is -0.335 e. The number of halogens is 1. The van der Waals surface area contributed by atoms with Gasteiger partial charge in [-0.15, -0.1) is 11.3 Å². The van der Waals surface area contributed by atoms with Gasteiger partial charge in [-0.25, -0.2) is 9.07 Å². The van der Waals surface area contributed by atoms with Crippen LogP contribution in [0.5, 0.6) is 0 Å². The smallest absolute Gasteiger partial charge is 0.264 e. The molecule has 0 bridgehead atoms. The second-order valence-corrected chi connectivity index (χ2v) is 9.52. The van der Waals surface area contributed by atoms with Crippen LogP contribution in [0, 0.1) is 12.7 Å². The summed E-state index contributed by atoms with van der Waals surface area (Å²) < 4.78 is 15.1. The number of carbonyl (C=O) groups is 1. The monoisotopic (exact) mass is 441 g/mol. The molecule has 2 aliphatic heterocycles. The van der Waals surface area contributed by atoms with Gasteiger partial charge in [-0.05, 0) is 63.2 Å². The van der Waals surface area contributed by atoms with Crippen LogP contribution in [0.1, 0.15) is 28.2 Å². The molecule has 5 rings (SSSR count). The Hall–Kier alpha value is -2.29. The Morgan fingerprint density at radius 3 is 2.32 bits per heavy atom. The number of hydrogen-bond donors (Lipinski definition) is 0. The fourth-order valence-electron chi connectivity index (χ4n) is 4.53. The molecule has 2 fully saturated rings. The van der Waals surface area contributed by atoms with Gasteiger partial charge in [0.05, 0.1) is 16.3 Å². The Bertz CT molecular complexity index is 1060. The van der Waals surface area contributed by atoms with Crippen LogP contribution in [0.25, 0.3) is 15.9 Å². The van der Waals surface area contributed by atoms with Gasteiger partial charge in [-0.2, -0.15) is 5.10 Å². The zero-order chi connectivity index (χ0) is 21.4. The Labute approximate surface area is 185 Å². The lowest BCUT2D eigenvalue weighted by Crippen LogP contribution is -2.50.